The van der Waals surface area contributed by atoms with E-state index < -0.39 is 5.60 Å². The van der Waals surface area contributed by atoms with Gasteiger partial charge in [0, 0.05) is 18.1 Å². The lowest BCUT2D eigenvalue weighted by atomic mass is 9.73. The highest BCUT2D eigenvalue weighted by Gasteiger charge is 2.45. The quantitative estimate of drug-likeness (QED) is 0.734. The van der Waals surface area contributed by atoms with Gasteiger partial charge in [-0.3, -0.25) is 0 Å². The standard InChI is InChI=1S/C15H28N2O2/c1-14(2,3)19-13(18)17-10-7-12(16)11-15(17)8-5-4-6-9-15/h12H,4-11,16H2,1-3H3. The Morgan fingerprint density at radius 2 is 1.89 bits per heavy atom. The lowest BCUT2D eigenvalue weighted by Crippen LogP contribution is -2.60. The molecule has 2 fully saturated rings. The van der Waals surface area contributed by atoms with E-state index in [0.717, 1.165) is 32.2 Å². The molecule has 1 heterocycles. The van der Waals surface area contributed by atoms with Crippen molar-refractivity contribution in [1.29, 1.82) is 0 Å². The number of nitrogens with zero attached hydrogens (tertiary/aromatic N) is 1. The van der Waals surface area contributed by atoms with Gasteiger partial charge in [-0.2, -0.15) is 0 Å². The summed E-state index contributed by atoms with van der Waals surface area (Å²) in [5.74, 6) is 0. The number of nitrogens with two attached hydrogens (primary N) is 1. The van der Waals surface area contributed by atoms with Crippen LogP contribution in [0.15, 0.2) is 0 Å². The van der Waals surface area contributed by atoms with Gasteiger partial charge >= 0.3 is 6.09 Å². The average Bonchev–Trinajstić information content (AvgIpc) is 2.27. The van der Waals surface area contributed by atoms with Crippen LogP contribution in [0, 0.1) is 0 Å². The molecule has 0 bridgehead atoms. The zero-order chi connectivity index (χ0) is 14.1. The second kappa shape index (κ2) is 5.31. The number of carbonyl (C=O) groups is 1. The lowest BCUT2D eigenvalue weighted by Gasteiger charge is -2.51. The molecule has 4 heteroatoms. The molecule has 19 heavy (non-hydrogen) atoms. The minimum Gasteiger partial charge on any atom is -0.444 e. The zero-order valence-electron chi connectivity index (χ0n) is 12.6. The van der Waals surface area contributed by atoms with Gasteiger partial charge in [-0.05, 0) is 46.5 Å². The molecule has 0 aromatic carbocycles. The van der Waals surface area contributed by atoms with Crippen LogP contribution in [-0.4, -0.2) is 34.7 Å². The Hall–Kier alpha value is -0.770. The van der Waals surface area contributed by atoms with Crippen LogP contribution in [0.5, 0.6) is 0 Å². The maximum Gasteiger partial charge on any atom is 0.410 e. The molecule has 2 rings (SSSR count). The zero-order valence-corrected chi connectivity index (χ0v) is 12.6. The molecular weight excluding hydrogens is 240 g/mol. The Kier molecular flexibility index (Phi) is 4.09. The number of piperidine rings is 1. The predicted octanol–water partition coefficient (Wildman–Crippen LogP) is 3.05. The van der Waals surface area contributed by atoms with Crippen LogP contribution in [0.2, 0.25) is 0 Å². The van der Waals surface area contributed by atoms with E-state index in [4.69, 9.17) is 10.5 Å². The third-order valence-electron chi connectivity index (χ3n) is 4.34. The second-order valence-corrected chi connectivity index (χ2v) is 7.17. The highest BCUT2D eigenvalue weighted by atomic mass is 16.6. The Morgan fingerprint density at radius 3 is 2.47 bits per heavy atom. The molecule has 1 atom stereocenters. The Morgan fingerprint density at radius 1 is 1.26 bits per heavy atom. The first-order valence-electron chi connectivity index (χ1n) is 7.59. The average molecular weight is 268 g/mol. The topological polar surface area (TPSA) is 55.6 Å². The molecule has 0 aromatic rings. The third-order valence-corrected chi connectivity index (χ3v) is 4.34. The summed E-state index contributed by atoms with van der Waals surface area (Å²) in [4.78, 5) is 14.4. The van der Waals surface area contributed by atoms with Gasteiger partial charge < -0.3 is 15.4 Å². The van der Waals surface area contributed by atoms with E-state index in [1.54, 1.807) is 0 Å². The molecule has 2 N–H and O–H groups in total. The van der Waals surface area contributed by atoms with Gasteiger partial charge in [0.1, 0.15) is 5.60 Å². The number of hydrogen-bond acceptors (Lipinski definition) is 3. The predicted molar refractivity (Wildman–Crippen MR) is 76.0 cm³/mol. The summed E-state index contributed by atoms with van der Waals surface area (Å²) in [5, 5.41) is 0. The number of hydrogen-bond donors (Lipinski definition) is 1. The maximum absolute atomic E-state index is 12.5. The molecule has 1 amide bonds. The summed E-state index contributed by atoms with van der Waals surface area (Å²) in [5.41, 5.74) is 5.70. The molecule has 0 radical (unpaired) electrons. The van der Waals surface area contributed by atoms with E-state index in [0.29, 0.717) is 0 Å². The van der Waals surface area contributed by atoms with Crippen LogP contribution in [0.1, 0.15) is 65.7 Å². The van der Waals surface area contributed by atoms with Crippen molar-refractivity contribution in [2.75, 3.05) is 6.54 Å². The number of amides is 1. The van der Waals surface area contributed by atoms with Crippen LogP contribution in [0.25, 0.3) is 0 Å². The van der Waals surface area contributed by atoms with Crippen LogP contribution < -0.4 is 5.73 Å². The van der Waals surface area contributed by atoms with E-state index >= 15 is 0 Å². The lowest BCUT2D eigenvalue weighted by molar-refractivity contribution is -0.0304. The molecule has 1 aliphatic heterocycles. The van der Waals surface area contributed by atoms with Crippen molar-refractivity contribution in [1.82, 2.24) is 4.90 Å². The van der Waals surface area contributed by atoms with Crippen LogP contribution >= 0.6 is 0 Å². The van der Waals surface area contributed by atoms with Crippen molar-refractivity contribution in [2.24, 2.45) is 5.73 Å². The minimum absolute atomic E-state index is 0.0295. The normalized spacial score (nSPS) is 27.4. The first kappa shape index (κ1) is 14.6. The van der Waals surface area contributed by atoms with Crippen molar-refractivity contribution in [2.45, 2.75) is 82.9 Å². The molecule has 0 aromatic heterocycles. The number of ether oxygens (including phenoxy) is 1. The fourth-order valence-corrected chi connectivity index (χ4v) is 3.52. The Balaban J connectivity index is 2.13. The van der Waals surface area contributed by atoms with Crippen molar-refractivity contribution >= 4 is 6.09 Å². The van der Waals surface area contributed by atoms with Crippen molar-refractivity contribution in [3.8, 4) is 0 Å². The van der Waals surface area contributed by atoms with Crippen molar-refractivity contribution < 1.29 is 9.53 Å². The highest BCUT2D eigenvalue weighted by Crippen LogP contribution is 2.40. The largest absolute Gasteiger partial charge is 0.444 e. The van der Waals surface area contributed by atoms with Crippen LogP contribution in [0.3, 0.4) is 0 Å². The summed E-state index contributed by atoms with van der Waals surface area (Å²) < 4.78 is 5.59. The van der Waals surface area contributed by atoms with Gasteiger partial charge in [-0.25, -0.2) is 4.79 Å². The number of rotatable bonds is 0. The van der Waals surface area contributed by atoms with Gasteiger partial charge in [0.15, 0.2) is 0 Å². The molecule has 1 saturated carbocycles. The SMILES string of the molecule is CC(C)(C)OC(=O)N1CCC(N)CC12CCCCC2. The molecule has 1 unspecified atom stereocenters. The van der Waals surface area contributed by atoms with E-state index in [9.17, 15) is 4.79 Å². The molecule has 110 valence electrons. The summed E-state index contributed by atoms with van der Waals surface area (Å²) in [7, 11) is 0. The monoisotopic (exact) mass is 268 g/mol. The van der Waals surface area contributed by atoms with Gasteiger partial charge in [-0.15, -0.1) is 0 Å². The minimum atomic E-state index is -0.424. The highest BCUT2D eigenvalue weighted by molar-refractivity contribution is 5.69. The van der Waals surface area contributed by atoms with E-state index in [1.807, 2.05) is 25.7 Å². The smallest absolute Gasteiger partial charge is 0.410 e. The summed E-state index contributed by atoms with van der Waals surface area (Å²) >= 11 is 0. The fourth-order valence-electron chi connectivity index (χ4n) is 3.52. The second-order valence-electron chi connectivity index (χ2n) is 7.17. The van der Waals surface area contributed by atoms with Crippen molar-refractivity contribution in [3.63, 3.8) is 0 Å². The molecule has 1 aliphatic carbocycles. The van der Waals surface area contributed by atoms with Crippen molar-refractivity contribution in [3.05, 3.63) is 0 Å². The summed E-state index contributed by atoms with van der Waals surface area (Å²) in [6.07, 6.45) is 7.52. The van der Waals surface area contributed by atoms with E-state index in [-0.39, 0.29) is 17.7 Å². The van der Waals surface area contributed by atoms with Gasteiger partial charge in [-0.1, -0.05) is 19.3 Å². The van der Waals surface area contributed by atoms with Gasteiger partial charge in [0.05, 0.1) is 0 Å². The van der Waals surface area contributed by atoms with E-state index in [1.165, 1.54) is 19.3 Å². The van der Waals surface area contributed by atoms with Crippen LogP contribution in [-0.2, 0) is 4.74 Å². The van der Waals surface area contributed by atoms with E-state index in [2.05, 4.69) is 0 Å². The molecule has 4 nitrogen and oxygen atoms in total. The Labute approximate surface area is 116 Å². The maximum atomic E-state index is 12.5. The number of likely N-dealkylation sites (tertiary alicyclic amines) is 1. The third kappa shape index (κ3) is 3.41. The first-order valence-corrected chi connectivity index (χ1v) is 7.59. The number of carbonyl (C=O) groups excluding carboxylic acids is 1. The molecule has 1 spiro atoms. The fraction of sp³-hybridized carbons (Fsp3) is 0.933. The van der Waals surface area contributed by atoms with Crippen LogP contribution in [0.4, 0.5) is 4.79 Å². The summed E-state index contributed by atoms with van der Waals surface area (Å²) in [6, 6.07) is 0.233. The molecule has 1 saturated heterocycles. The first-order chi connectivity index (χ1) is 8.82. The van der Waals surface area contributed by atoms with Gasteiger partial charge in [0.25, 0.3) is 0 Å². The van der Waals surface area contributed by atoms with Gasteiger partial charge in [0.2, 0.25) is 0 Å². The Bertz CT molecular complexity index is 330. The molecular formula is C15H28N2O2. The molecule has 2 aliphatic rings. The summed E-state index contributed by atoms with van der Waals surface area (Å²) in [6.45, 7) is 6.52.